The van der Waals surface area contributed by atoms with Gasteiger partial charge in [0.25, 0.3) is 0 Å². The normalized spacial score (nSPS) is 12.4. The summed E-state index contributed by atoms with van der Waals surface area (Å²) in [6.45, 7) is 0.173. The van der Waals surface area contributed by atoms with E-state index in [1.165, 1.54) is 44.2 Å². The van der Waals surface area contributed by atoms with E-state index < -0.39 is 68.7 Å². The lowest BCUT2D eigenvalue weighted by Crippen LogP contribution is -2.60. The number of aromatic nitrogens is 2. The molecule has 0 saturated heterocycles. The maximum Gasteiger partial charge on any atom is 0.239 e. The van der Waals surface area contributed by atoms with Gasteiger partial charge < -0.3 is 41.6 Å². The lowest BCUT2D eigenvalue weighted by atomic mass is 9.80. The van der Waals surface area contributed by atoms with Crippen molar-refractivity contribution in [2.45, 2.75) is 29.7 Å². The first kappa shape index (κ1) is 31.4. The molecular formula is C28H32N6O8S. The number of fused-ring (bicyclic) bond motifs is 1. The van der Waals surface area contributed by atoms with Crippen molar-refractivity contribution in [2.24, 2.45) is 10.9 Å². The van der Waals surface area contributed by atoms with Gasteiger partial charge in [0, 0.05) is 16.7 Å². The smallest absolute Gasteiger partial charge is 0.239 e. The molecule has 12 N–H and O–H groups in total. The van der Waals surface area contributed by atoms with Crippen LogP contribution in [0.4, 0.5) is 0 Å². The number of phenols is 2. The van der Waals surface area contributed by atoms with Crippen molar-refractivity contribution in [1.82, 2.24) is 15.3 Å². The zero-order valence-corrected chi connectivity index (χ0v) is 24.0. The lowest BCUT2D eigenvalue weighted by molar-refractivity contribution is -0.130. The first-order valence-corrected chi connectivity index (χ1v) is 14.4. The van der Waals surface area contributed by atoms with Gasteiger partial charge in [-0.15, -0.1) is 0 Å². The minimum absolute atomic E-state index is 0.0405. The first-order valence-electron chi connectivity index (χ1n) is 12.8. The summed E-state index contributed by atoms with van der Waals surface area (Å²) in [5.41, 5.74) is 2.36. The molecule has 1 heterocycles. The van der Waals surface area contributed by atoms with Crippen LogP contribution in [0.25, 0.3) is 33.5 Å². The number of para-hydroxylation sites is 1. The molecule has 1 amide bonds. The summed E-state index contributed by atoms with van der Waals surface area (Å²) in [5, 5.41) is 67.4. The lowest BCUT2D eigenvalue weighted by Gasteiger charge is -2.35. The maximum absolute atomic E-state index is 13.7. The van der Waals surface area contributed by atoms with E-state index in [0.717, 1.165) is 0 Å². The number of imidazole rings is 1. The van der Waals surface area contributed by atoms with E-state index in [0.29, 0.717) is 16.6 Å². The number of carbonyl (C=O) groups excluding carboxylic acids is 1. The number of rotatable bonds is 10. The average molecular weight is 613 g/mol. The van der Waals surface area contributed by atoms with Crippen LogP contribution in [0.1, 0.15) is 25.0 Å². The van der Waals surface area contributed by atoms with Crippen molar-refractivity contribution >= 4 is 32.8 Å². The Hall–Kier alpha value is -4.54. The van der Waals surface area contributed by atoms with Gasteiger partial charge in [0.05, 0.1) is 46.7 Å². The zero-order valence-electron chi connectivity index (χ0n) is 23.2. The third kappa shape index (κ3) is 5.63. The highest BCUT2D eigenvalue weighted by Crippen LogP contribution is 2.48. The Balaban J connectivity index is 2.11. The van der Waals surface area contributed by atoms with Crippen molar-refractivity contribution in [1.29, 1.82) is 5.41 Å². The van der Waals surface area contributed by atoms with Gasteiger partial charge in [-0.25, -0.2) is 18.5 Å². The van der Waals surface area contributed by atoms with Crippen LogP contribution >= 0.6 is 0 Å². The number of aliphatic hydroxyl groups is 3. The van der Waals surface area contributed by atoms with Crippen LogP contribution in [0.3, 0.4) is 0 Å². The number of carbonyl (C=O) groups is 1. The SMILES string of the molecule is CC(C)(C(=O)NC(CO)(CO)CO)c1cc(-c2nc3ccc(C(=N)N)cc3[nH]2)c(O)c(-c2ccccc2O)c1S(N)(=O)=O. The third-order valence-corrected chi connectivity index (χ3v) is 8.28. The summed E-state index contributed by atoms with van der Waals surface area (Å²) < 4.78 is 26.4. The monoisotopic (exact) mass is 612 g/mol. The summed E-state index contributed by atoms with van der Waals surface area (Å²) >= 11 is 0. The van der Waals surface area contributed by atoms with E-state index in [-0.39, 0.29) is 28.4 Å². The van der Waals surface area contributed by atoms with E-state index in [4.69, 9.17) is 16.3 Å². The van der Waals surface area contributed by atoms with Crippen LogP contribution in [0.2, 0.25) is 0 Å². The van der Waals surface area contributed by atoms with Crippen molar-refractivity contribution in [3.8, 4) is 34.0 Å². The van der Waals surface area contributed by atoms with Crippen molar-refractivity contribution in [3.05, 3.63) is 59.7 Å². The molecule has 0 aliphatic heterocycles. The van der Waals surface area contributed by atoms with Gasteiger partial charge in [0.2, 0.25) is 15.9 Å². The molecule has 0 aliphatic rings. The Labute approximate surface area is 246 Å². The van der Waals surface area contributed by atoms with Gasteiger partial charge in [-0.1, -0.05) is 18.2 Å². The van der Waals surface area contributed by atoms with Crippen LogP contribution in [0, 0.1) is 5.41 Å². The predicted octanol–water partition coefficient (Wildman–Crippen LogP) is 0.349. The molecular weight excluding hydrogens is 580 g/mol. The Morgan fingerprint density at radius 1 is 1.02 bits per heavy atom. The van der Waals surface area contributed by atoms with Gasteiger partial charge in [-0.2, -0.15) is 0 Å². The Bertz CT molecular complexity index is 1840. The number of hydrogen-bond donors (Lipinski definition) is 10. The van der Waals surface area contributed by atoms with E-state index >= 15 is 0 Å². The molecule has 43 heavy (non-hydrogen) atoms. The van der Waals surface area contributed by atoms with E-state index in [9.17, 15) is 38.7 Å². The topological polar surface area (TPSA) is 269 Å². The molecule has 0 aliphatic carbocycles. The van der Waals surface area contributed by atoms with Gasteiger partial charge >= 0.3 is 0 Å². The number of benzene rings is 3. The number of phenolic OH excluding ortho intramolecular Hbond substituents is 2. The number of nitrogens with zero attached hydrogens (tertiary/aromatic N) is 1. The zero-order chi connectivity index (χ0) is 31.9. The number of primary sulfonamides is 1. The predicted molar refractivity (Wildman–Crippen MR) is 158 cm³/mol. The van der Waals surface area contributed by atoms with Gasteiger partial charge in [-0.3, -0.25) is 10.2 Å². The quantitative estimate of drug-likeness (QED) is 0.0867. The van der Waals surface area contributed by atoms with Crippen molar-refractivity contribution in [3.63, 3.8) is 0 Å². The molecule has 228 valence electrons. The number of nitrogens with two attached hydrogens (primary N) is 2. The number of aromatic hydroxyl groups is 2. The second-order valence-electron chi connectivity index (χ2n) is 10.7. The van der Waals surface area contributed by atoms with Crippen molar-refractivity contribution in [2.75, 3.05) is 19.8 Å². The Morgan fingerprint density at radius 2 is 1.65 bits per heavy atom. The standard InChI is InChI=1S/C28H32N6O8S/c1-27(2,26(40)34-28(11-35,12-36)13-37)17-10-16(25-32-18-8-7-14(24(29)30)9-19(18)33-25)22(39)21(23(17)43(31,41)42)15-5-3-4-6-20(15)38/h3-10,35-39H,11-13H2,1-2H3,(H3,29,30)(H,32,33)(H,34,40)(H2,31,41,42). The molecule has 0 radical (unpaired) electrons. The molecule has 3 aromatic carbocycles. The fraction of sp³-hybridized carbons (Fsp3) is 0.250. The fourth-order valence-electron chi connectivity index (χ4n) is 4.62. The molecule has 4 aromatic rings. The minimum atomic E-state index is -4.73. The minimum Gasteiger partial charge on any atom is -0.507 e. The fourth-order valence-corrected chi connectivity index (χ4v) is 5.73. The van der Waals surface area contributed by atoms with Crippen LogP contribution in [0.5, 0.6) is 11.5 Å². The second kappa shape index (κ2) is 11.3. The van der Waals surface area contributed by atoms with Crippen LogP contribution in [0.15, 0.2) is 53.4 Å². The highest BCUT2D eigenvalue weighted by Gasteiger charge is 2.42. The molecule has 15 heteroatoms. The van der Waals surface area contributed by atoms with Crippen LogP contribution in [-0.4, -0.2) is 81.0 Å². The number of nitrogens with one attached hydrogen (secondary N) is 3. The highest BCUT2D eigenvalue weighted by atomic mass is 32.2. The molecule has 14 nitrogen and oxygen atoms in total. The Kier molecular flexibility index (Phi) is 8.23. The number of H-pyrrole nitrogens is 1. The average Bonchev–Trinajstić information content (AvgIpc) is 3.38. The molecule has 0 saturated carbocycles. The summed E-state index contributed by atoms with van der Waals surface area (Å²) in [6.07, 6.45) is 0. The number of amidine groups is 1. The second-order valence-corrected chi connectivity index (χ2v) is 12.1. The molecule has 0 atom stereocenters. The summed E-state index contributed by atoms with van der Waals surface area (Å²) in [5.74, 6) is -2.10. The number of hydrogen-bond acceptors (Lipinski definition) is 10. The number of sulfonamides is 1. The summed E-state index contributed by atoms with van der Waals surface area (Å²) in [4.78, 5) is 20.5. The summed E-state index contributed by atoms with van der Waals surface area (Å²) in [7, 11) is -4.73. The number of aromatic amines is 1. The van der Waals surface area contributed by atoms with E-state index in [1.807, 2.05) is 0 Å². The molecule has 0 spiro atoms. The van der Waals surface area contributed by atoms with Gasteiger partial charge in [0.15, 0.2) is 0 Å². The van der Waals surface area contributed by atoms with Gasteiger partial charge in [-0.05, 0) is 49.7 Å². The molecule has 4 rings (SSSR count). The van der Waals surface area contributed by atoms with Crippen LogP contribution in [-0.2, 0) is 20.2 Å². The van der Waals surface area contributed by atoms with Gasteiger partial charge in [0.1, 0.15) is 28.7 Å². The molecule has 0 bridgehead atoms. The highest BCUT2D eigenvalue weighted by molar-refractivity contribution is 7.89. The molecule has 0 unspecified atom stereocenters. The largest absolute Gasteiger partial charge is 0.507 e. The Morgan fingerprint density at radius 3 is 2.21 bits per heavy atom. The van der Waals surface area contributed by atoms with E-state index in [1.54, 1.807) is 18.2 Å². The molecule has 0 fully saturated rings. The first-order chi connectivity index (χ1) is 20.1. The maximum atomic E-state index is 13.7. The number of amides is 1. The third-order valence-electron chi connectivity index (χ3n) is 7.29. The number of aliphatic hydroxyl groups excluding tert-OH is 3. The molecule has 1 aromatic heterocycles. The van der Waals surface area contributed by atoms with E-state index in [2.05, 4.69) is 15.3 Å². The van der Waals surface area contributed by atoms with Crippen molar-refractivity contribution < 1.29 is 38.7 Å². The number of nitrogen functional groups attached to an aromatic ring is 1. The summed E-state index contributed by atoms with van der Waals surface area (Å²) in [6, 6.07) is 11.5. The van der Waals surface area contributed by atoms with Crippen LogP contribution < -0.4 is 16.2 Å².